The van der Waals surface area contributed by atoms with E-state index in [0.717, 1.165) is 25.1 Å². The monoisotopic (exact) mass is 302 g/mol. The van der Waals surface area contributed by atoms with Crippen LogP contribution in [0.2, 0.25) is 0 Å². The summed E-state index contributed by atoms with van der Waals surface area (Å²) in [7, 11) is 0. The third kappa shape index (κ3) is 3.21. The summed E-state index contributed by atoms with van der Waals surface area (Å²) in [6, 6.07) is 4.23. The van der Waals surface area contributed by atoms with E-state index in [1.54, 1.807) is 22.5 Å². The summed E-state index contributed by atoms with van der Waals surface area (Å²) in [4.78, 5) is 18.3. The molecular weight excluding hydrogens is 284 g/mol. The number of hydrogen-bond donors (Lipinski definition) is 0. The molecule has 0 unspecified atom stereocenters. The molecule has 6 heteroatoms. The maximum absolute atomic E-state index is 11.8. The molecule has 0 radical (unpaired) electrons. The van der Waals surface area contributed by atoms with Crippen LogP contribution in [0.4, 0.5) is 0 Å². The highest BCUT2D eigenvalue weighted by Gasteiger charge is 2.21. The maximum Gasteiger partial charge on any atom is 0.243 e. The number of hydrazone groups is 1. The minimum Gasteiger partial charge on any atom is -0.332 e. The van der Waals surface area contributed by atoms with Crippen molar-refractivity contribution in [2.24, 2.45) is 5.10 Å². The lowest BCUT2D eigenvalue weighted by atomic mass is 10.1. The van der Waals surface area contributed by atoms with Gasteiger partial charge in [-0.1, -0.05) is 6.92 Å². The molecule has 0 bridgehead atoms. The van der Waals surface area contributed by atoms with Gasteiger partial charge in [0, 0.05) is 36.7 Å². The second-order valence-corrected chi connectivity index (χ2v) is 6.23. The van der Waals surface area contributed by atoms with Gasteiger partial charge in [0.15, 0.2) is 0 Å². The Bertz CT molecular complexity index is 644. The smallest absolute Gasteiger partial charge is 0.243 e. The van der Waals surface area contributed by atoms with Crippen LogP contribution in [0.25, 0.3) is 0 Å². The first kappa shape index (κ1) is 14.0. The van der Waals surface area contributed by atoms with Crippen molar-refractivity contribution in [3.63, 3.8) is 0 Å². The normalized spacial score (nSPS) is 15.4. The third-order valence-electron chi connectivity index (χ3n) is 3.38. The standard InChI is InChI=1S/C15H18N4OS/c1-2-8-19-15(20)6-4-13(17-19)14-5-3-12(21-14)10-18-9-7-16-11-18/h3,5,7,9,11H,2,4,6,8,10H2,1H3. The molecule has 0 spiro atoms. The van der Waals surface area contributed by atoms with Crippen molar-refractivity contribution in [1.82, 2.24) is 14.6 Å². The predicted octanol–water partition coefficient (Wildman–Crippen LogP) is 2.73. The molecule has 3 rings (SSSR count). The van der Waals surface area contributed by atoms with Crippen LogP contribution in [0.3, 0.4) is 0 Å². The second-order valence-electron chi connectivity index (χ2n) is 5.06. The Labute approximate surface area is 127 Å². The van der Waals surface area contributed by atoms with E-state index in [1.165, 1.54) is 9.75 Å². The first-order valence-electron chi connectivity index (χ1n) is 7.19. The van der Waals surface area contributed by atoms with E-state index in [1.807, 2.05) is 17.1 Å². The largest absolute Gasteiger partial charge is 0.332 e. The number of nitrogens with zero attached hydrogens (tertiary/aromatic N) is 4. The zero-order valence-electron chi connectivity index (χ0n) is 12.0. The Morgan fingerprint density at radius 3 is 3.00 bits per heavy atom. The highest BCUT2D eigenvalue weighted by atomic mass is 32.1. The van der Waals surface area contributed by atoms with Gasteiger partial charge in [-0.3, -0.25) is 4.79 Å². The fourth-order valence-corrected chi connectivity index (χ4v) is 3.37. The fraction of sp³-hybridized carbons (Fsp3) is 0.400. The third-order valence-corrected chi connectivity index (χ3v) is 4.50. The average molecular weight is 302 g/mol. The van der Waals surface area contributed by atoms with Crippen LogP contribution in [0.1, 0.15) is 35.9 Å². The summed E-state index contributed by atoms with van der Waals surface area (Å²) < 4.78 is 2.05. The SMILES string of the molecule is CCCN1N=C(c2ccc(Cn3ccnc3)s2)CCC1=O. The molecule has 0 saturated carbocycles. The molecule has 2 aromatic rings. The average Bonchev–Trinajstić information content (AvgIpc) is 3.14. The Hall–Kier alpha value is -1.95. The number of rotatable bonds is 5. The van der Waals surface area contributed by atoms with E-state index in [0.29, 0.717) is 13.0 Å². The van der Waals surface area contributed by atoms with Crippen molar-refractivity contribution in [3.05, 3.63) is 40.6 Å². The minimum absolute atomic E-state index is 0.135. The van der Waals surface area contributed by atoms with Gasteiger partial charge >= 0.3 is 0 Å². The fourth-order valence-electron chi connectivity index (χ4n) is 2.34. The molecule has 2 aromatic heterocycles. The molecule has 1 amide bonds. The van der Waals surface area contributed by atoms with E-state index in [9.17, 15) is 4.79 Å². The lowest BCUT2D eigenvalue weighted by molar-refractivity contribution is -0.131. The first-order chi connectivity index (χ1) is 10.3. The number of carbonyl (C=O) groups is 1. The summed E-state index contributed by atoms with van der Waals surface area (Å²) >= 11 is 1.74. The van der Waals surface area contributed by atoms with Crippen LogP contribution < -0.4 is 0 Å². The van der Waals surface area contributed by atoms with Gasteiger partial charge < -0.3 is 4.57 Å². The van der Waals surface area contributed by atoms with Gasteiger partial charge in [0.25, 0.3) is 0 Å². The van der Waals surface area contributed by atoms with E-state index in [2.05, 4.69) is 29.1 Å². The molecule has 0 N–H and O–H groups in total. The second kappa shape index (κ2) is 6.22. The van der Waals surface area contributed by atoms with Crippen LogP contribution >= 0.6 is 11.3 Å². The van der Waals surface area contributed by atoms with E-state index in [-0.39, 0.29) is 5.91 Å². The van der Waals surface area contributed by atoms with Crippen molar-refractivity contribution in [1.29, 1.82) is 0 Å². The molecule has 3 heterocycles. The van der Waals surface area contributed by atoms with Crippen molar-refractivity contribution in [2.45, 2.75) is 32.7 Å². The maximum atomic E-state index is 11.8. The highest BCUT2D eigenvalue weighted by molar-refractivity contribution is 7.14. The Kier molecular flexibility index (Phi) is 4.15. The molecule has 0 aliphatic carbocycles. The number of aromatic nitrogens is 2. The number of hydrogen-bond acceptors (Lipinski definition) is 4. The Morgan fingerprint density at radius 2 is 2.24 bits per heavy atom. The van der Waals surface area contributed by atoms with Crippen molar-refractivity contribution >= 4 is 23.0 Å². The van der Waals surface area contributed by atoms with Crippen LogP contribution in [0.15, 0.2) is 36.0 Å². The van der Waals surface area contributed by atoms with Crippen LogP contribution in [0, 0.1) is 0 Å². The van der Waals surface area contributed by atoms with Crippen LogP contribution in [0.5, 0.6) is 0 Å². The summed E-state index contributed by atoms with van der Waals surface area (Å²) in [5.41, 5.74) is 1.03. The van der Waals surface area contributed by atoms with Crippen molar-refractivity contribution in [2.75, 3.05) is 6.54 Å². The van der Waals surface area contributed by atoms with Gasteiger partial charge in [-0.05, 0) is 18.6 Å². The number of amides is 1. The van der Waals surface area contributed by atoms with Crippen molar-refractivity contribution in [3.8, 4) is 0 Å². The van der Waals surface area contributed by atoms with E-state index < -0.39 is 0 Å². The van der Waals surface area contributed by atoms with Crippen molar-refractivity contribution < 1.29 is 4.79 Å². The van der Waals surface area contributed by atoms with Gasteiger partial charge in [-0.25, -0.2) is 9.99 Å². The summed E-state index contributed by atoms with van der Waals surface area (Å²) in [6.07, 6.45) is 7.79. The predicted molar refractivity (Wildman–Crippen MR) is 83.4 cm³/mol. The lowest BCUT2D eigenvalue weighted by Crippen LogP contribution is -2.32. The zero-order chi connectivity index (χ0) is 14.7. The molecule has 1 aliphatic heterocycles. The number of thiophene rings is 1. The van der Waals surface area contributed by atoms with Crippen LogP contribution in [-0.2, 0) is 11.3 Å². The minimum atomic E-state index is 0.135. The molecule has 0 aromatic carbocycles. The number of imidazole rings is 1. The Balaban J connectivity index is 1.76. The van der Waals surface area contributed by atoms with Gasteiger partial charge in [0.05, 0.1) is 23.5 Å². The zero-order valence-corrected chi connectivity index (χ0v) is 12.8. The topological polar surface area (TPSA) is 50.5 Å². The molecule has 0 atom stereocenters. The quantitative estimate of drug-likeness (QED) is 0.852. The molecule has 0 fully saturated rings. The summed E-state index contributed by atoms with van der Waals surface area (Å²) in [5.74, 6) is 0.135. The lowest BCUT2D eigenvalue weighted by Gasteiger charge is -2.22. The van der Waals surface area contributed by atoms with Gasteiger partial charge in [-0.15, -0.1) is 11.3 Å². The Morgan fingerprint density at radius 1 is 1.33 bits per heavy atom. The molecule has 110 valence electrons. The van der Waals surface area contributed by atoms with Gasteiger partial charge in [0.2, 0.25) is 5.91 Å². The number of carbonyl (C=O) groups excluding carboxylic acids is 1. The van der Waals surface area contributed by atoms with E-state index >= 15 is 0 Å². The summed E-state index contributed by atoms with van der Waals surface area (Å²) in [6.45, 7) is 3.59. The first-order valence-corrected chi connectivity index (χ1v) is 8.00. The van der Waals surface area contributed by atoms with Gasteiger partial charge in [0.1, 0.15) is 0 Å². The highest BCUT2D eigenvalue weighted by Crippen LogP contribution is 2.23. The molecule has 0 saturated heterocycles. The van der Waals surface area contributed by atoms with E-state index in [4.69, 9.17) is 0 Å². The molecule has 1 aliphatic rings. The molecule has 5 nitrogen and oxygen atoms in total. The molecule has 21 heavy (non-hydrogen) atoms. The van der Waals surface area contributed by atoms with Gasteiger partial charge in [-0.2, -0.15) is 5.10 Å². The summed E-state index contributed by atoms with van der Waals surface area (Å²) in [5, 5.41) is 6.14. The molecular formula is C15H18N4OS. The van der Waals surface area contributed by atoms with Crippen LogP contribution in [-0.4, -0.2) is 32.7 Å².